The Morgan fingerprint density at radius 3 is 2.24 bits per heavy atom. The molecule has 38 heavy (non-hydrogen) atoms. The van der Waals surface area contributed by atoms with Gasteiger partial charge in [-0.1, -0.05) is 111 Å². The number of hydrogen-bond acceptors (Lipinski definition) is 3. The van der Waals surface area contributed by atoms with Gasteiger partial charge in [-0.3, -0.25) is 0 Å². The number of benzene rings is 5. The van der Waals surface area contributed by atoms with Crippen molar-refractivity contribution in [1.82, 2.24) is 9.97 Å². The van der Waals surface area contributed by atoms with Crippen LogP contribution in [-0.4, -0.2) is 9.97 Å². The van der Waals surface area contributed by atoms with Gasteiger partial charge in [0.05, 0.1) is 0 Å². The summed E-state index contributed by atoms with van der Waals surface area (Å²) < 4.78 is 6.78. The standard InChI is InChI=1S/C35H24N2O/c1-35(2)28-15-9-8-14-25(28)26-18-19-27-31-33(38-32(27)29(26)35)30(22-11-4-3-5-12-22)36-34(37-31)24-17-16-21-10-6-7-13-23(21)20-24/h3-20H,1-2H3. The van der Waals surface area contributed by atoms with Gasteiger partial charge in [-0.25, -0.2) is 9.97 Å². The van der Waals surface area contributed by atoms with Crippen molar-refractivity contribution < 1.29 is 4.42 Å². The highest BCUT2D eigenvalue weighted by Gasteiger charge is 2.38. The molecule has 0 fully saturated rings. The van der Waals surface area contributed by atoms with E-state index < -0.39 is 0 Å². The van der Waals surface area contributed by atoms with Crippen LogP contribution in [0.15, 0.2) is 114 Å². The summed E-state index contributed by atoms with van der Waals surface area (Å²) in [4.78, 5) is 10.3. The molecule has 0 amide bonds. The monoisotopic (exact) mass is 488 g/mol. The predicted molar refractivity (Wildman–Crippen MR) is 155 cm³/mol. The minimum absolute atomic E-state index is 0.180. The Hall–Kier alpha value is -4.76. The zero-order chi connectivity index (χ0) is 25.4. The van der Waals surface area contributed by atoms with Crippen molar-refractivity contribution in [2.75, 3.05) is 0 Å². The SMILES string of the molecule is CC1(C)c2ccccc2-c2ccc3c(oc4c(-c5ccccc5)nc(-c5ccc6ccccc6c5)nc43)c21. The van der Waals surface area contributed by atoms with Gasteiger partial charge in [0.1, 0.15) is 16.8 Å². The van der Waals surface area contributed by atoms with Crippen molar-refractivity contribution >= 4 is 32.8 Å². The molecule has 0 aliphatic heterocycles. The summed E-state index contributed by atoms with van der Waals surface area (Å²) in [7, 11) is 0. The van der Waals surface area contributed by atoms with E-state index in [2.05, 4.69) is 105 Å². The number of rotatable bonds is 2. The fraction of sp³-hybridized carbons (Fsp3) is 0.0857. The van der Waals surface area contributed by atoms with Crippen LogP contribution < -0.4 is 0 Å². The molecule has 2 aromatic heterocycles. The van der Waals surface area contributed by atoms with Crippen molar-refractivity contribution in [3.63, 3.8) is 0 Å². The Labute approximate surface area is 220 Å². The second-order valence-corrected chi connectivity index (χ2v) is 10.6. The fourth-order valence-corrected chi connectivity index (χ4v) is 6.20. The molecular formula is C35H24N2O. The van der Waals surface area contributed by atoms with Crippen molar-refractivity contribution in [2.24, 2.45) is 0 Å². The largest absolute Gasteiger partial charge is 0.452 e. The summed E-state index contributed by atoms with van der Waals surface area (Å²) in [5.41, 5.74) is 10.2. The molecule has 0 saturated heterocycles. The molecule has 3 heteroatoms. The third-order valence-corrected chi connectivity index (χ3v) is 8.05. The van der Waals surface area contributed by atoms with Gasteiger partial charge >= 0.3 is 0 Å². The topological polar surface area (TPSA) is 38.9 Å². The maximum Gasteiger partial charge on any atom is 0.180 e. The smallest absolute Gasteiger partial charge is 0.180 e. The Kier molecular flexibility index (Phi) is 4.28. The predicted octanol–water partition coefficient (Wildman–Crippen LogP) is 9.17. The van der Waals surface area contributed by atoms with Crippen molar-refractivity contribution in [3.8, 4) is 33.8 Å². The summed E-state index contributed by atoms with van der Waals surface area (Å²) in [6, 6.07) is 38.2. The first-order valence-electron chi connectivity index (χ1n) is 13.0. The van der Waals surface area contributed by atoms with Crippen LogP contribution in [0.2, 0.25) is 0 Å². The van der Waals surface area contributed by atoms with Gasteiger partial charge in [0.15, 0.2) is 11.4 Å². The van der Waals surface area contributed by atoms with E-state index in [1.165, 1.54) is 33.0 Å². The summed E-state index contributed by atoms with van der Waals surface area (Å²) in [6.45, 7) is 4.57. The molecule has 0 saturated carbocycles. The van der Waals surface area contributed by atoms with Crippen molar-refractivity contribution in [2.45, 2.75) is 19.3 Å². The molecule has 3 nitrogen and oxygen atoms in total. The molecule has 0 spiro atoms. The van der Waals surface area contributed by atoms with Crippen LogP contribution in [0.5, 0.6) is 0 Å². The summed E-state index contributed by atoms with van der Waals surface area (Å²) >= 11 is 0. The van der Waals surface area contributed by atoms with E-state index in [1.807, 2.05) is 18.2 Å². The number of aromatic nitrogens is 2. The van der Waals surface area contributed by atoms with Crippen LogP contribution in [0.1, 0.15) is 25.0 Å². The maximum absolute atomic E-state index is 6.78. The van der Waals surface area contributed by atoms with Gasteiger partial charge in [-0.05, 0) is 39.6 Å². The lowest BCUT2D eigenvalue weighted by Gasteiger charge is -2.21. The second-order valence-electron chi connectivity index (χ2n) is 10.6. The van der Waals surface area contributed by atoms with Crippen LogP contribution in [0.4, 0.5) is 0 Å². The first-order valence-corrected chi connectivity index (χ1v) is 13.0. The second kappa shape index (κ2) is 7.62. The summed E-state index contributed by atoms with van der Waals surface area (Å²) in [5, 5.41) is 3.40. The molecule has 0 N–H and O–H groups in total. The molecule has 8 rings (SSSR count). The molecule has 1 aliphatic rings. The molecular weight excluding hydrogens is 464 g/mol. The lowest BCUT2D eigenvalue weighted by molar-refractivity contribution is 0.619. The van der Waals surface area contributed by atoms with Gasteiger partial charge in [0.25, 0.3) is 0 Å². The Morgan fingerprint density at radius 1 is 0.605 bits per heavy atom. The zero-order valence-electron chi connectivity index (χ0n) is 21.2. The summed E-state index contributed by atoms with van der Waals surface area (Å²) in [6.07, 6.45) is 0. The lowest BCUT2D eigenvalue weighted by Crippen LogP contribution is -2.15. The highest BCUT2D eigenvalue weighted by molar-refractivity contribution is 6.10. The number of hydrogen-bond donors (Lipinski definition) is 0. The minimum atomic E-state index is -0.180. The van der Waals surface area contributed by atoms with E-state index in [0.717, 1.165) is 38.9 Å². The van der Waals surface area contributed by atoms with Crippen LogP contribution >= 0.6 is 0 Å². The van der Waals surface area contributed by atoms with Crippen LogP contribution in [0.3, 0.4) is 0 Å². The molecule has 1 aliphatic carbocycles. The van der Waals surface area contributed by atoms with Crippen LogP contribution in [0, 0.1) is 0 Å². The van der Waals surface area contributed by atoms with E-state index >= 15 is 0 Å². The molecule has 180 valence electrons. The molecule has 0 bridgehead atoms. The van der Waals surface area contributed by atoms with E-state index in [9.17, 15) is 0 Å². The highest BCUT2D eigenvalue weighted by Crippen LogP contribution is 2.52. The normalized spacial score (nSPS) is 13.7. The third-order valence-electron chi connectivity index (χ3n) is 8.05. The number of furan rings is 1. The third kappa shape index (κ3) is 2.90. The van der Waals surface area contributed by atoms with Gasteiger partial charge in [-0.2, -0.15) is 0 Å². The zero-order valence-corrected chi connectivity index (χ0v) is 21.2. The molecule has 7 aromatic rings. The number of nitrogens with zero attached hydrogens (tertiary/aromatic N) is 2. The Bertz CT molecular complexity index is 2050. The van der Waals surface area contributed by atoms with E-state index in [-0.39, 0.29) is 5.41 Å². The van der Waals surface area contributed by atoms with E-state index in [4.69, 9.17) is 14.4 Å². The van der Waals surface area contributed by atoms with Crippen molar-refractivity contribution in [1.29, 1.82) is 0 Å². The Balaban J connectivity index is 1.46. The average molecular weight is 489 g/mol. The first-order chi connectivity index (χ1) is 18.6. The minimum Gasteiger partial charge on any atom is -0.452 e. The quantitative estimate of drug-likeness (QED) is 0.243. The average Bonchev–Trinajstić information content (AvgIpc) is 3.45. The fourth-order valence-electron chi connectivity index (χ4n) is 6.20. The number of fused-ring (bicyclic) bond motifs is 8. The van der Waals surface area contributed by atoms with Crippen LogP contribution in [0.25, 0.3) is 66.6 Å². The Morgan fingerprint density at radius 2 is 1.37 bits per heavy atom. The summed E-state index contributed by atoms with van der Waals surface area (Å²) in [5.74, 6) is 0.702. The maximum atomic E-state index is 6.78. The van der Waals surface area contributed by atoms with Gasteiger partial charge < -0.3 is 4.42 Å². The van der Waals surface area contributed by atoms with E-state index in [0.29, 0.717) is 5.82 Å². The van der Waals surface area contributed by atoms with E-state index in [1.54, 1.807) is 0 Å². The lowest BCUT2D eigenvalue weighted by atomic mass is 9.82. The highest BCUT2D eigenvalue weighted by atomic mass is 16.3. The van der Waals surface area contributed by atoms with Gasteiger partial charge in [0, 0.05) is 27.5 Å². The molecule has 0 unspecified atom stereocenters. The van der Waals surface area contributed by atoms with Gasteiger partial charge in [0.2, 0.25) is 0 Å². The first kappa shape index (κ1) is 21.3. The van der Waals surface area contributed by atoms with Crippen molar-refractivity contribution in [3.05, 3.63) is 120 Å². The molecule has 0 radical (unpaired) electrons. The van der Waals surface area contributed by atoms with Crippen LogP contribution in [-0.2, 0) is 5.41 Å². The van der Waals surface area contributed by atoms with Gasteiger partial charge in [-0.15, -0.1) is 0 Å². The molecule has 0 atom stereocenters. The molecule has 2 heterocycles. The molecule has 5 aromatic carbocycles.